The van der Waals surface area contributed by atoms with Crippen LogP contribution in [0.1, 0.15) is 18.4 Å². The van der Waals surface area contributed by atoms with Gasteiger partial charge in [0.15, 0.2) is 0 Å². The van der Waals surface area contributed by atoms with Gasteiger partial charge in [0.2, 0.25) is 6.10 Å². The fourth-order valence-electron chi connectivity index (χ4n) is 2.44. The average molecular weight is 364 g/mol. The number of nitrogens with one attached hydrogen (secondary N) is 1. The number of rotatable bonds is 5. The predicted molar refractivity (Wildman–Crippen MR) is 87.7 cm³/mol. The Labute approximate surface area is 148 Å². The van der Waals surface area contributed by atoms with Crippen LogP contribution >= 0.6 is 12.2 Å². The number of cyclic esters (lactones) is 1. The van der Waals surface area contributed by atoms with Crippen molar-refractivity contribution < 1.29 is 28.8 Å². The third-order valence-electron chi connectivity index (χ3n) is 3.70. The van der Waals surface area contributed by atoms with E-state index in [9.17, 15) is 14.4 Å². The second kappa shape index (κ2) is 7.58. The number of thiocarbonyl (C=S) groups is 1. The molecule has 2 atom stereocenters. The molecule has 0 bridgehead atoms. The zero-order valence-corrected chi connectivity index (χ0v) is 14.0. The van der Waals surface area contributed by atoms with Crippen molar-refractivity contribution in [3.05, 3.63) is 35.9 Å². The van der Waals surface area contributed by atoms with Crippen LogP contribution in [-0.2, 0) is 35.2 Å². The second-order valence-corrected chi connectivity index (χ2v) is 6.09. The van der Waals surface area contributed by atoms with E-state index in [4.69, 9.17) is 26.6 Å². The second-order valence-electron chi connectivity index (χ2n) is 5.60. The summed E-state index contributed by atoms with van der Waals surface area (Å²) in [5.74, 6) is -1.89. The van der Waals surface area contributed by atoms with Crippen molar-refractivity contribution in [2.75, 3.05) is 6.61 Å². The molecule has 25 heavy (non-hydrogen) atoms. The van der Waals surface area contributed by atoms with E-state index in [1.54, 1.807) is 0 Å². The molecule has 1 N–H and O–H groups in total. The molecular weight excluding hydrogens is 348 g/mol. The molecule has 9 heteroatoms. The van der Waals surface area contributed by atoms with Crippen LogP contribution in [0.2, 0.25) is 0 Å². The monoisotopic (exact) mass is 364 g/mol. The summed E-state index contributed by atoms with van der Waals surface area (Å²) in [6.45, 7) is -0.0223. The van der Waals surface area contributed by atoms with Crippen molar-refractivity contribution >= 4 is 35.1 Å². The molecule has 2 aliphatic rings. The molecule has 0 aliphatic carbocycles. The van der Waals surface area contributed by atoms with Crippen molar-refractivity contribution in [3.63, 3.8) is 0 Å². The Morgan fingerprint density at radius 3 is 2.76 bits per heavy atom. The number of carbonyl (C=O) groups excluding carboxylic acids is 3. The lowest BCUT2D eigenvalue weighted by molar-refractivity contribution is -0.306. The number of nitrogens with zero attached hydrogens (tertiary/aromatic N) is 1. The van der Waals surface area contributed by atoms with Gasteiger partial charge in [-0.25, -0.2) is 9.63 Å². The molecule has 2 heterocycles. The number of carbonyl (C=O) groups is 3. The van der Waals surface area contributed by atoms with E-state index in [0.717, 1.165) is 5.56 Å². The predicted octanol–water partition coefficient (Wildman–Crippen LogP) is 0.452. The highest BCUT2D eigenvalue weighted by Crippen LogP contribution is 2.17. The number of ether oxygens (including phenoxy) is 1. The standard InChI is InChI=1S/C16H16N2O6S/c19-14-7-6-12(23-14)16(21)24-18-15(20)11(9-22-18)17-13(25)8-10-4-2-1-3-5-10/h1-5,11-12H,6-9H2,(H,17,25)/t11-,12?/m0/s1. The molecule has 132 valence electrons. The summed E-state index contributed by atoms with van der Waals surface area (Å²) in [5, 5.41) is 3.41. The average Bonchev–Trinajstić information content (AvgIpc) is 3.16. The maximum atomic E-state index is 12.2. The third-order valence-corrected chi connectivity index (χ3v) is 3.96. The maximum Gasteiger partial charge on any atom is 0.375 e. The lowest BCUT2D eigenvalue weighted by atomic mass is 10.1. The third kappa shape index (κ3) is 4.31. The van der Waals surface area contributed by atoms with Crippen LogP contribution in [-0.4, -0.2) is 46.8 Å². The molecule has 1 amide bonds. The van der Waals surface area contributed by atoms with Gasteiger partial charge in [0.05, 0.1) is 4.99 Å². The van der Waals surface area contributed by atoms with Crippen molar-refractivity contribution in [2.24, 2.45) is 0 Å². The fraction of sp³-hybridized carbons (Fsp3) is 0.375. The quantitative estimate of drug-likeness (QED) is 0.595. The van der Waals surface area contributed by atoms with Crippen molar-refractivity contribution in [1.82, 2.24) is 10.5 Å². The minimum atomic E-state index is -1.00. The van der Waals surface area contributed by atoms with E-state index in [1.165, 1.54) is 0 Å². The summed E-state index contributed by atoms with van der Waals surface area (Å²) in [7, 11) is 0. The maximum absolute atomic E-state index is 12.2. The van der Waals surface area contributed by atoms with Crippen molar-refractivity contribution in [2.45, 2.75) is 31.4 Å². The van der Waals surface area contributed by atoms with Gasteiger partial charge in [-0.15, -0.1) is 0 Å². The van der Waals surface area contributed by atoms with Crippen LogP contribution < -0.4 is 5.32 Å². The summed E-state index contributed by atoms with van der Waals surface area (Å²) < 4.78 is 4.78. The molecule has 0 spiro atoms. The first kappa shape index (κ1) is 17.3. The lowest BCUT2D eigenvalue weighted by Gasteiger charge is -2.15. The van der Waals surface area contributed by atoms with Crippen LogP contribution in [0.4, 0.5) is 0 Å². The van der Waals surface area contributed by atoms with Crippen LogP contribution in [0, 0.1) is 0 Å². The summed E-state index contributed by atoms with van der Waals surface area (Å²) in [6, 6.07) is 8.82. The molecule has 1 aromatic carbocycles. The fourth-order valence-corrected chi connectivity index (χ4v) is 2.75. The van der Waals surface area contributed by atoms with E-state index in [0.29, 0.717) is 16.6 Å². The first-order valence-electron chi connectivity index (χ1n) is 7.74. The van der Waals surface area contributed by atoms with E-state index >= 15 is 0 Å². The van der Waals surface area contributed by atoms with Crippen molar-refractivity contribution in [3.8, 4) is 0 Å². The van der Waals surface area contributed by atoms with Gasteiger partial charge in [-0.1, -0.05) is 42.5 Å². The van der Waals surface area contributed by atoms with E-state index < -0.39 is 30.0 Å². The Morgan fingerprint density at radius 1 is 1.32 bits per heavy atom. The van der Waals surface area contributed by atoms with E-state index in [1.807, 2.05) is 30.3 Å². The van der Waals surface area contributed by atoms with Crippen LogP contribution in [0.5, 0.6) is 0 Å². The topological polar surface area (TPSA) is 94.2 Å². The molecule has 3 rings (SSSR count). The number of amides is 1. The Hall–Kier alpha value is -2.52. The summed E-state index contributed by atoms with van der Waals surface area (Å²) in [6.07, 6.45) is -0.151. The molecule has 2 fully saturated rings. The highest BCUT2D eigenvalue weighted by Gasteiger charge is 2.40. The molecule has 0 aromatic heterocycles. The first-order chi connectivity index (χ1) is 12.0. The smallest absolute Gasteiger partial charge is 0.375 e. The number of hydroxylamine groups is 2. The largest absolute Gasteiger partial charge is 0.450 e. The number of benzene rings is 1. The van der Waals surface area contributed by atoms with Gasteiger partial charge in [-0.3, -0.25) is 9.59 Å². The van der Waals surface area contributed by atoms with E-state index in [-0.39, 0.29) is 19.4 Å². The number of hydrogen-bond donors (Lipinski definition) is 1. The van der Waals surface area contributed by atoms with Gasteiger partial charge in [0, 0.05) is 19.3 Å². The minimum absolute atomic E-state index is 0.0223. The Bertz CT molecular complexity index is 695. The molecule has 1 unspecified atom stereocenters. The molecule has 1 aromatic rings. The number of esters is 1. The molecular formula is C16H16N2O6S. The normalized spacial score (nSPS) is 22.6. The molecule has 2 saturated heterocycles. The highest BCUT2D eigenvalue weighted by atomic mass is 32.1. The minimum Gasteiger partial charge on any atom is -0.450 e. The van der Waals surface area contributed by atoms with Gasteiger partial charge < -0.3 is 14.9 Å². The summed E-state index contributed by atoms with van der Waals surface area (Å²) in [5.41, 5.74) is 1.01. The lowest BCUT2D eigenvalue weighted by Crippen LogP contribution is -2.43. The van der Waals surface area contributed by atoms with Crippen LogP contribution in [0.25, 0.3) is 0 Å². The highest BCUT2D eigenvalue weighted by molar-refractivity contribution is 7.80. The van der Waals surface area contributed by atoms with Crippen molar-refractivity contribution in [1.29, 1.82) is 0 Å². The Morgan fingerprint density at radius 2 is 2.08 bits per heavy atom. The Kier molecular flexibility index (Phi) is 5.25. The molecule has 8 nitrogen and oxygen atoms in total. The molecule has 2 aliphatic heterocycles. The Balaban J connectivity index is 1.49. The van der Waals surface area contributed by atoms with Gasteiger partial charge in [0.1, 0.15) is 12.6 Å². The molecule has 0 radical (unpaired) electrons. The van der Waals surface area contributed by atoms with Gasteiger partial charge in [-0.05, 0) is 10.8 Å². The van der Waals surface area contributed by atoms with Gasteiger partial charge in [-0.2, -0.15) is 0 Å². The molecule has 0 saturated carbocycles. The zero-order chi connectivity index (χ0) is 17.8. The SMILES string of the molecule is O=C1CCC(C(=O)ON2OC[C@H](NC(=S)Cc3ccccc3)C2=O)O1. The summed E-state index contributed by atoms with van der Waals surface area (Å²) in [4.78, 5) is 45.5. The summed E-state index contributed by atoms with van der Waals surface area (Å²) >= 11 is 5.25. The van der Waals surface area contributed by atoms with Crippen LogP contribution in [0.3, 0.4) is 0 Å². The van der Waals surface area contributed by atoms with Gasteiger partial charge in [0.25, 0.3) is 0 Å². The van der Waals surface area contributed by atoms with Gasteiger partial charge >= 0.3 is 17.8 Å². The van der Waals surface area contributed by atoms with Crippen LogP contribution in [0.15, 0.2) is 30.3 Å². The van der Waals surface area contributed by atoms with E-state index in [2.05, 4.69) is 5.32 Å². The zero-order valence-electron chi connectivity index (χ0n) is 13.2. The first-order valence-corrected chi connectivity index (χ1v) is 8.15. The number of hydrogen-bond acceptors (Lipinski definition) is 7.